The van der Waals surface area contributed by atoms with Gasteiger partial charge in [-0.3, -0.25) is 0 Å². The van der Waals surface area contributed by atoms with Gasteiger partial charge in [0, 0.05) is 12.6 Å². The lowest BCUT2D eigenvalue weighted by atomic mass is 9.88. The molecule has 1 heteroatoms. The van der Waals surface area contributed by atoms with Crippen molar-refractivity contribution in [3.8, 4) is 0 Å². The van der Waals surface area contributed by atoms with Gasteiger partial charge in [0.15, 0.2) is 0 Å². The minimum Gasteiger partial charge on any atom is -0.310 e. The largest absolute Gasteiger partial charge is 0.310 e. The molecule has 1 nitrogen and oxygen atoms in total. The van der Waals surface area contributed by atoms with Crippen LogP contribution >= 0.6 is 0 Å². The van der Waals surface area contributed by atoms with E-state index in [1.807, 2.05) is 0 Å². The van der Waals surface area contributed by atoms with Crippen molar-refractivity contribution in [2.75, 3.05) is 0 Å². The predicted octanol–water partition coefficient (Wildman–Crippen LogP) is 3.95. The van der Waals surface area contributed by atoms with Crippen LogP contribution in [0, 0.1) is 13.8 Å². The van der Waals surface area contributed by atoms with E-state index in [-0.39, 0.29) is 0 Å². The topological polar surface area (TPSA) is 12.0 Å². The Bertz CT molecular complexity index is 600. The van der Waals surface area contributed by atoms with Crippen LogP contribution < -0.4 is 5.32 Å². The first-order valence-corrected chi connectivity index (χ1v) is 7.58. The highest BCUT2D eigenvalue weighted by molar-refractivity contribution is 5.31. The van der Waals surface area contributed by atoms with Crippen LogP contribution in [0.2, 0.25) is 0 Å². The molecule has 0 fully saturated rings. The highest BCUT2D eigenvalue weighted by atomic mass is 14.9. The minimum atomic E-state index is 0.617. The Hall–Kier alpha value is -1.60. The molecule has 2 aromatic rings. The van der Waals surface area contributed by atoms with Crippen molar-refractivity contribution in [3.63, 3.8) is 0 Å². The molecule has 0 saturated carbocycles. The first-order valence-electron chi connectivity index (χ1n) is 7.58. The van der Waals surface area contributed by atoms with E-state index in [1.165, 1.54) is 47.1 Å². The number of benzene rings is 2. The second-order valence-corrected chi connectivity index (χ2v) is 6.01. The monoisotopic (exact) mass is 265 g/mol. The summed E-state index contributed by atoms with van der Waals surface area (Å²) < 4.78 is 0. The summed E-state index contributed by atoms with van der Waals surface area (Å²) in [5, 5.41) is 3.73. The van der Waals surface area contributed by atoms with E-state index in [4.69, 9.17) is 0 Å². The number of hydrogen-bond acceptors (Lipinski definition) is 1. The van der Waals surface area contributed by atoms with Crippen LogP contribution in [0.15, 0.2) is 42.5 Å². The summed E-state index contributed by atoms with van der Waals surface area (Å²) in [6, 6.07) is 16.3. The fourth-order valence-corrected chi connectivity index (χ4v) is 3.05. The Morgan fingerprint density at radius 2 is 1.80 bits per heavy atom. The van der Waals surface area contributed by atoms with Crippen molar-refractivity contribution in [1.29, 1.82) is 0 Å². The zero-order valence-corrected chi connectivity index (χ0v) is 12.4. The summed E-state index contributed by atoms with van der Waals surface area (Å²) in [5.41, 5.74) is 7.22. The SMILES string of the molecule is Cc1ccc(CNC2CCc3ccccc3C2)cc1C. The molecule has 1 atom stereocenters. The summed E-state index contributed by atoms with van der Waals surface area (Å²) in [6.45, 7) is 5.34. The average Bonchev–Trinajstić information content (AvgIpc) is 2.48. The summed E-state index contributed by atoms with van der Waals surface area (Å²) in [7, 11) is 0. The summed E-state index contributed by atoms with van der Waals surface area (Å²) in [4.78, 5) is 0. The van der Waals surface area contributed by atoms with Gasteiger partial charge in [0.1, 0.15) is 0 Å². The Labute approximate surface area is 122 Å². The molecule has 0 aliphatic heterocycles. The summed E-state index contributed by atoms with van der Waals surface area (Å²) in [5.74, 6) is 0. The fraction of sp³-hybridized carbons (Fsp3) is 0.368. The second kappa shape index (κ2) is 5.80. The first-order chi connectivity index (χ1) is 9.72. The van der Waals surface area contributed by atoms with Crippen LogP contribution in [0.25, 0.3) is 0 Å². The number of nitrogens with one attached hydrogen (secondary N) is 1. The molecule has 1 unspecified atom stereocenters. The van der Waals surface area contributed by atoms with Gasteiger partial charge < -0.3 is 5.32 Å². The lowest BCUT2D eigenvalue weighted by molar-refractivity contribution is 0.457. The van der Waals surface area contributed by atoms with Crippen LogP contribution in [-0.4, -0.2) is 6.04 Å². The lowest BCUT2D eigenvalue weighted by Gasteiger charge is -2.25. The first kappa shape index (κ1) is 13.4. The average molecular weight is 265 g/mol. The molecule has 0 bridgehead atoms. The number of hydrogen-bond donors (Lipinski definition) is 1. The van der Waals surface area contributed by atoms with Gasteiger partial charge >= 0.3 is 0 Å². The van der Waals surface area contributed by atoms with Gasteiger partial charge in [-0.15, -0.1) is 0 Å². The number of fused-ring (bicyclic) bond motifs is 1. The standard InChI is InChI=1S/C19H23N/c1-14-7-8-16(11-15(14)2)13-20-19-10-9-17-5-3-4-6-18(17)12-19/h3-8,11,19-20H,9-10,12-13H2,1-2H3. The highest BCUT2D eigenvalue weighted by Crippen LogP contribution is 2.21. The molecule has 0 saturated heterocycles. The third-order valence-electron chi connectivity index (χ3n) is 4.51. The van der Waals surface area contributed by atoms with Gasteiger partial charge in [0.05, 0.1) is 0 Å². The van der Waals surface area contributed by atoms with Gasteiger partial charge in [-0.1, -0.05) is 42.5 Å². The maximum absolute atomic E-state index is 3.73. The zero-order valence-electron chi connectivity index (χ0n) is 12.4. The van der Waals surface area contributed by atoms with E-state index in [0.717, 1.165) is 6.54 Å². The van der Waals surface area contributed by atoms with Crippen molar-refractivity contribution in [1.82, 2.24) is 5.32 Å². The van der Waals surface area contributed by atoms with Crippen LogP contribution in [0.5, 0.6) is 0 Å². The van der Waals surface area contributed by atoms with Crippen LogP contribution in [0.3, 0.4) is 0 Å². The third kappa shape index (κ3) is 2.94. The Kier molecular flexibility index (Phi) is 3.88. The molecular weight excluding hydrogens is 242 g/mol. The van der Waals surface area contributed by atoms with E-state index in [9.17, 15) is 0 Å². The molecule has 0 radical (unpaired) electrons. The van der Waals surface area contributed by atoms with Crippen LogP contribution in [-0.2, 0) is 19.4 Å². The fourth-order valence-electron chi connectivity index (χ4n) is 3.05. The van der Waals surface area contributed by atoms with Crippen molar-refractivity contribution in [3.05, 3.63) is 70.3 Å². The van der Waals surface area contributed by atoms with Gasteiger partial charge in [-0.2, -0.15) is 0 Å². The van der Waals surface area contributed by atoms with Gasteiger partial charge in [-0.25, -0.2) is 0 Å². The Morgan fingerprint density at radius 3 is 2.60 bits per heavy atom. The van der Waals surface area contributed by atoms with E-state index < -0.39 is 0 Å². The zero-order chi connectivity index (χ0) is 13.9. The van der Waals surface area contributed by atoms with Crippen LogP contribution in [0.4, 0.5) is 0 Å². The predicted molar refractivity (Wildman–Crippen MR) is 85.0 cm³/mol. The quantitative estimate of drug-likeness (QED) is 0.886. The molecule has 0 spiro atoms. The van der Waals surface area contributed by atoms with Crippen molar-refractivity contribution in [2.24, 2.45) is 0 Å². The number of rotatable bonds is 3. The van der Waals surface area contributed by atoms with E-state index >= 15 is 0 Å². The third-order valence-corrected chi connectivity index (χ3v) is 4.51. The van der Waals surface area contributed by atoms with Gasteiger partial charge in [-0.05, 0) is 60.9 Å². The molecule has 104 valence electrons. The van der Waals surface area contributed by atoms with Crippen molar-refractivity contribution >= 4 is 0 Å². The van der Waals surface area contributed by atoms with E-state index in [1.54, 1.807) is 0 Å². The van der Waals surface area contributed by atoms with Crippen molar-refractivity contribution in [2.45, 2.75) is 45.7 Å². The molecule has 2 aromatic carbocycles. The minimum absolute atomic E-state index is 0.617. The molecule has 1 aliphatic carbocycles. The van der Waals surface area contributed by atoms with E-state index in [0.29, 0.717) is 6.04 Å². The van der Waals surface area contributed by atoms with E-state index in [2.05, 4.69) is 61.6 Å². The number of aryl methyl sites for hydroxylation is 3. The summed E-state index contributed by atoms with van der Waals surface area (Å²) >= 11 is 0. The molecular formula is C19H23N. The smallest absolute Gasteiger partial charge is 0.0208 e. The molecule has 1 N–H and O–H groups in total. The molecule has 20 heavy (non-hydrogen) atoms. The lowest BCUT2D eigenvalue weighted by Crippen LogP contribution is -2.34. The van der Waals surface area contributed by atoms with Crippen LogP contribution in [0.1, 0.15) is 34.2 Å². The maximum atomic E-state index is 3.73. The van der Waals surface area contributed by atoms with Crippen molar-refractivity contribution < 1.29 is 0 Å². The Balaban J connectivity index is 1.61. The molecule has 0 amide bonds. The summed E-state index contributed by atoms with van der Waals surface area (Å²) in [6.07, 6.45) is 3.63. The molecule has 0 heterocycles. The maximum Gasteiger partial charge on any atom is 0.0208 e. The molecule has 3 rings (SSSR count). The molecule has 1 aliphatic rings. The molecule has 0 aromatic heterocycles. The Morgan fingerprint density at radius 1 is 1.00 bits per heavy atom. The van der Waals surface area contributed by atoms with Gasteiger partial charge in [0.2, 0.25) is 0 Å². The second-order valence-electron chi connectivity index (χ2n) is 6.01. The highest BCUT2D eigenvalue weighted by Gasteiger charge is 2.17. The normalized spacial score (nSPS) is 17.8. The van der Waals surface area contributed by atoms with Gasteiger partial charge in [0.25, 0.3) is 0 Å².